The normalized spacial score (nSPS) is 14.2. The fourth-order valence-electron chi connectivity index (χ4n) is 3.43. The lowest BCUT2D eigenvalue weighted by Crippen LogP contribution is -2.47. The first-order valence-electron chi connectivity index (χ1n) is 9.89. The van der Waals surface area contributed by atoms with Gasteiger partial charge in [-0.3, -0.25) is 4.79 Å². The second kappa shape index (κ2) is 9.05. The monoisotopic (exact) mass is 418 g/mol. The summed E-state index contributed by atoms with van der Waals surface area (Å²) in [4.78, 5) is 17.9. The third-order valence-corrected chi connectivity index (χ3v) is 5.20. The number of benzene rings is 2. The highest BCUT2D eigenvalue weighted by atomic mass is 32.1. The fraction of sp³-hybridized carbons (Fsp3) is 0.208. The van der Waals surface area contributed by atoms with Gasteiger partial charge in [-0.1, -0.05) is 30.3 Å². The zero-order valence-electron chi connectivity index (χ0n) is 16.7. The molecule has 0 amide bonds. The number of pyridine rings is 1. The molecule has 0 N–H and O–H groups in total. The van der Waals surface area contributed by atoms with E-state index in [-0.39, 0.29) is 5.78 Å². The van der Waals surface area contributed by atoms with E-state index in [1.54, 1.807) is 18.2 Å². The van der Waals surface area contributed by atoms with Crippen LogP contribution in [-0.2, 0) is 12.6 Å². The Labute approximate surface area is 181 Å². The molecule has 1 atom stereocenters. The molecule has 152 valence electrons. The Kier molecular flexibility index (Phi) is 6.05. The Morgan fingerprint density at radius 3 is 2.53 bits per heavy atom. The molecule has 0 spiro atoms. The largest absolute Gasteiger partial charge is 0.758 e. The molecule has 0 saturated heterocycles. The molecule has 0 aliphatic carbocycles. The average molecular weight is 419 g/mol. The molecule has 1 aliphatic heterocycles. The molecule has 30 heavy (non-hydrogen) atoms. The van der Waals surface area contributed by atoms with Gasteiger partial charge >= 0.3 is 0 Å². The topological polar surface area (TPSA) is 51.8 Å². The first-order valence-corrected chi connectivity index (χ1v) is 10.3. The lowest BCUT2D eigenvalue weighted by molar-refractivity contribution is -0.691. The van der Waals surface area contributed by atoms with Gasteiger partial charge in [0.15, 0.2) is 23.9 Å². The maximum absolute atomic E-state index is 13.5. The second-order valence-electron chi connectivity index (χ2n) is 6.84. The highest BCUT2D eigenvalue weighted by Crippen LogP contribution is 2.31. The minimum absolute atomic E-state index is 0.135. The molecule has 2 heterocycles. The van der Waals surface area contributed by atoms with Crippen LogP contribution in [0.3, 0.4) is 0 Å². The first kappa shape index (κ1) is 20.0. The Morgan fingerprint density at radius 1 is 1.03 bits per heavy atom. The predicted molar refractivity (Wildman–Crippen MR) is 118 cm³/mol. The summed E-state index contributed by atoms with van der Waals surface area (Å²) < 4.78 is 13.0. The lowest BCUT2D eigenvalue weighted by Gasteiger charge is -2.21. The van der Waals surface area contributed by atoms with Crippen molar-refractivity contribution in [3.63, 3.8) is 0 Å². The zero-order valence-corrected chi connectivity index (χ0v) is 17.5. The van der Waals surface area contributed by atoms with Crippen LogP contribution in [0.5, 0.6) is 11.5 Å². The maximum Gasteiger partial charge on any atom is 0.237 e. The number of carbonyl (C=O) groups is 1. The summed E-state index contributed by atoms with van der Waals surface area (Å²) in [6, 6.07) is 18.5. The van der Waals surface area contributed by atoms with Gasteiger partial charge in [-0.15, -0.1) is 0 Å². The Bertz CT molecular complexity index is 1080. The number of aromatic nitrogens is 1. The van der Waals surface area contributed by atoms with Gasteiger partial charge in [-0.2, -0.15) is 4.57 Å². The molecular weight excluding hydrogens is 396 g/mol. The fourth-order valence-corrected chi connectivity index (χ4v) is 3.78. The van der Waals surface area contributed by atoms with Gasteiger partial charge in [0.2, 0.25) is 11.8 Å². The van der Waals surface area contributed by atoms with Crippen LogP contribution >= 0.6 is 0 Å². The van der Waals surface area contributed by atoms with E-state index >= 15 is 0 Å². The molecule has 4 rings (SSSR count). The van der Waals surface area contributed by atoms with Crippen LogP contribution in [0, 0.1) is 0 Å². The van der Waals surface area contributed by atoms with Crippen molar-refractivity contribution in [3.05, 3.63) is 78.6 Å². The van der Waals surface area contributed by atoms with E-state index in [9.17, 15) is 4.79 Å². The highest BCUT2D eigenvalue weighted by Gasteiger charge is 2.29. The molecule has 5 nitrogen and oxygen atoms in total. The third-order valence-electron chi connectivity index (χ3n) is 4.85. The second-order valence-corrected chi connectivity index (χ2v) is 7.26. The zero-order chi connectivity index (χ0) is 20.9. The van der Waals surface area contributed by atoms with E-state index in [1.165, 1.54) is 0 Å². The number of ether oxygens (including phenoxy) is 2. The van der Waals surface area contributed by atoms with Crippen molar-refractivity contribution in [1.82, 2.24) is 0 Å². The minimum Gasteiger partial charge on any atom is -0.758 e. The number of ketones is 1. The third kappa shape index (κ3) is 4.19. The lowest BCUT2D eigenvalue weighted by atomic mass is 10.0. The van der Waals surface area contributed by atoms with Gasteiger partial charge in [0.05, 0.1) is 0 Å². The van der Waals surface area contributed by atoms with Gasteiger partial charge < -0.3 is 27.1 Å². The molecule has 6 heteroatoms. The summed E-state index contributed by atoms with van der Waals surface area (Å²) in [6.07, 6.45) is 3.79. The van der Waals surface area contributed by atoms with Crippen LogP contribution in [0.25, 0.3) is 11.1 Å². The van der Waals surface area contributed by atoms with Gasteiger partial charge in [-0.25, -0.2) is 0 Å². The molecule has 0 fully saturated rings. The number of nitrogens with zero attached hydrogens (tertiary/aromatic N) is 2. The van der Waals surface area contributed by atoms with Gasteiger partial charge in [0, 0.05) is 23.7 Å². The average Bonchev–Trinajstić information content (AvgIpc) is 2.80. The van der Waals surface area contributed by atoms with Crippen LogP contribution in [0.2, 0.25) is 0 Å². The minimum atomic E-state index is -0.717. The Hall–Kier alpha value is -3.25. The molecule has 0 bridgehead atoms. The molecule has 1 aromatic heterocycles. The summed E-state index contributed by atoms with van der Waals surface area (Å²) in [5, 5.41) is 0.354. The number of rotatable bonds is 6. The van der Waals surface area contributed by atoms with Crippen molar-refractivity contribution >= 4 is 23.5 Å². The van der Waals surface area contributed by atoms with Crippen molar-refractivity contribution in [1.29, 1.82) is 0 Å². The van der Waals surface area contributed by atoms with Crippen LogP contribution in [0.4, 0.5) is 0 Å². The molecular formula is C24H22N2O3S. The molecule has 2 aromatic carbocycles. The number of fused-ring (bicyclic) bond motifs is 1. The number of aliphatic imine (C=N–C) groups is 1. The summed E-state index contributed by atoms with van der Waals surface area (Å²) in [5.41, 5.74) is 2.57. The summed E-state index contributed by atoms with van der Waals surface area (Å²) >= 11 is 5.55. The SMILES string of the molecule is CCN=C([S-])C(C(=O)c1ccc2c(c1)OCCO2)[n+]1cccc(-c2ccccc2)c1. The van der Waals surface area contributed by atoms with Crippen LogP contribution < -0.4 is 14.0 Å². The van der Waals surface area contributed by atoms with Gasteiger partial charge in [-0.05, 0) is 41.8 Å². The van der Waals surface area contributed by atoms with Crippen LogP contribution in [-0.4, -0.2) is 30.6 Å². The quantitative estimate of drug-likeness (QED) is 0.201. The molecule has 1 aliphatic rings. The molecule has 3 aromatic rings. The number of hydrogen-bond acceptors (Lipinski definition) is 5. The smallest absolute Gasteiger partial charge is 0.237 e. The van der Waals surface area contributed by atoms with E-state index in [4.69, 9.17) is 22.1 Å². The summed E-state index contributed by atoms with van der Waals surface area (Å²) in [7, 11) is 0. The van der Waals surface area contributed by atoms with E-state index in [2.05, 4.69) is 4.99 Å². The van der Waals surface area contributed by atoms with Crippen LogP contribution in [0.15, 0.2) is 78.0 Å². The standard InChI is InChI=1S/C24H22N2O3S/c1-2-25-24(30)22(23(27)18-10-11-20-21(15-18)29-14-13-28-20)26-12-6-9-19(16-26)17-7-4-3-5-8-17/h3-12,15-16,22H,2,13-14H2,1H3. The van der Waals surface area contributed by atoms with E-state index in [1.807, 2.05) is 66.3 Å². The molecule has 0 saturated carbocycles. The van der Waals surface area contributed by atoms with Crippen molar-refractivity contribution in [2.24, 2.45) is 4.99 Å². The van der Waals surface area contributed by atoms with Crippen molar-refractivity contribution < 1.29 is 18.8 Å². The molecule has 0 radical (unpaired) electrons. The van der Waals surface area contributed by atoms with E-state index < -0.39 is 6.04 Å². The van der Waals surface area contributed by atoms with E-state index in [0.717, 1.165) is 11.1 Å². The Morgan fingerprint density at radius 2 is 1.77 bits per heavy atom. The number of Topliss-reactive ketones (excluding diaryl/α,β-unsaturated/α-hetero) is 1. The van der Waals surface area contributed by atoms with Crippen molar-refractivity contribution in [2.45, 2.75) is 13.0 Å². The van der Waals surface area contributed by atoms with E-state index in [0.29, 0.717) is 41.9 Å². The molecule has 1 unspecified atom stereocenters. The summed E-state index contributed by atoms with van der Waals surface area (Å²) in [6.45, 7) is 3.39. The predicted octanol–water partition coefficient (Wildman–Crippen LogP) is 3.80. The highest BCUT2D eigenvalue weighted by molar-refractivity contribution is 7.77. The maximum atomic E-state index is 13.5. The number of hydrogen-bond donors (Lipinski definition) is 0. The Balaban J connectivity index is 1.74. The van der Waals surface area contributed by atoms with Gasteiger partial charge in [0.1, 0.15) is 13.2 Å². The van der Waals surface area contributed by atoms with Gasteiger partial charge in [0.25, 0.3) is 0 Å². The van der Waals surface area contributed by atoms with Crippen LogP contribution in [0.1, 0.15) is 23.3 Å². The summed E-state index contributed by atoms with van der Waals surface area (Å²) in [5.74, 6) is 1.09. The van der Waals surface area contributed by atoms with Crippen molar-refractivity contribution in [2.75, 3.05) is 19.8 Å². The van der Waals surface area contributed by atoms with Crippen molar-refractivity contribution in [3.8, 4) is 22.6 Å². The number of carbonyl (C=O) groups excluding carboxylic acids is 1. The first-order chi connectivity index (χ1) is 14.7.